The van der Waals surface area contributed by atoms with Crippen LogP contribution in [-0.4, -0.2) is 21.9 Å². The molecule has 0 aliphatic carbocycles. The van der Waals surface area contributed by atoms with E-state index >= 15 is 0 Å². The first-order valence-electron chi connectivity index (χ1n) is 6.75. The van der Waals surface area contributed by atoms with Gasteiger partial charge in [-0.2, -0.15) is 10.2 Å². The van der Waals surface area contributed by atoms with Crippen molar-refractivity contribution in [3.63, 3.8) is 0 Å². The van der Waals surface area contributed by atoms with Crippen molar-refractivity contribution in [2.75, 3.05) is 0 Å². The summed E-state index contributed by atoms with van der Waals surface area (Å²) < 4.78 is 2.32. The third-order valence-corrected chi connectivity index (χ3v) is 4.05. The third kappa shape index (κ3) is 3.92. The van der Waals surface area contributed by atoms with Gasteiger partial charge in [-0.05, 0) is 40.9 Å². The summed E-state index contributed by atoms with van der Waals surface area (Å²) >= 11 is 3.36. The van der Waals surface area contributed by atoms with E-state index in [1.807, 2.05) is 50.3 Å². The zero-order chi connectivity index (χ0) is 16.1. The molecule has 0 saturated heterocycles. The molecular weight excluding hydrogens is 344 g/mol. The maximum absolute atomic E-state index is 12.0. The zero-order valence-electron chi connectivity index (χ0n) is 12.7. The number of amides is 1. The fraction of sp³-hybridized carbons (Fsp3) is 0.188. The zero-order valence-corrected chi connectivity index (χ0v) is 14.3. The molecular formula is C16H17BrN4O. The molecule has 22 heavy (non-hydrogen) atoms. The minimum atomic E-state index is -0.348. The molecule has 1 amide bonds. The number of hydrazone groups is 1. The second-order valence-corrected chi connectivity index (χ2v) is 5.66. The van der Waals surface area contributed by atoms with Crippen LogP contribution in [0.25, 0.3) is 6.08 Å². The van der Waals surface area contributed by atoms with Crippen molar-refractivity contribution in [1.29, 1.82) is 0 Å². The number of hydrogen-bond donors (Lipinski definition) is 1. The Morgan fingerprint density at radius 1 is 1.36 bits per heavy atom. The predicted molar refractivity (Wildman–Crippen MR) is 91.7 cm³/mol. The van der Waals surface area contributed by atoms with Crippen LogP contribution in [0.15, 0.2) is 45.5 Å². The summed E-state index contributed by atoms with van der Waals surface area (Å²) in [6.45, 7) is 3.80. The topological polar surface area (TPSA) is 59.3 Å². The molecule has 2 aromatic rings. The Bertz CT molecular complexity index is 732. The van der Waals surface area contributed by atoms with E-state index in [0.29, 0.717) is 10.2 Å². The highest BCUT2D eigenvalue weighted by molar-refractivity contribution is 9.10. The Hall–Kier alpha value is -2.21. The second-order valence-electron chi connectivity index (χ2n) is 4.87. The van der Waals surface area contributed by atoms with Crippen molar-refractivity contribution in [3.8, 4) is 0 Å². The molecule has 0 spiro atoms. The molecule has 1 heterocycles. The number of aryl methyl sites for hydroxylation is 1. The SMILES string of the molecule is CC(C=NNC(=O)c1nn(C)c(C)c1Br)=Cc1ccccc1. The van der Waals surface area contributed by atoms with Crippen LogP contribution in [0.2, 0.25) is 0 Å². The van der Waals surface area contributed by atoms with Crippen LogP contribution in [0.4, 0.5) is 0 Å². The standard InChI is InChI=1S/C16H17BrN4O/c1-11(9-13-7-5-4-6-8-13)10-18-19-16(22)15-14(17)12(2)21(3)20-15/h4-10H,1-3H3,(H,19,22). The molecule has 0 radical (unpaired) electrons. The molecule has 6 heteroatoms. The average Bonchev–Trinajstić information content (AvgIpc) is 2.76. The summed E-state index contributed by atoms with van der Waals surface area (Å²) in [4.78, 5) is 12.0. The van der Waals surface area contributed by atoms with Gasteiger partial charge in [-0.3, -0.25) is 9.48 Å². The lowest BCUT2D eigenvalue weighted by Gasteiger charge is -1.97. The van der Waals surface area contributed by atoms with Crippen molar-refractivity contribution in [2.24, 2.45) is 12.1 Å². The number of halogens is 1. The van der Waals surface area contributed by atoms with E-state index in [4.69, 9.17) is 0 Å². The van der Waals surface area contributed by atoms with Crippen molar-refractivity contribution < 1.29 is 4.79 Å². The van der Waals surface area contributed by atoms with Gasteiger partial charge in [0.1, 0.15) is 0 Å². The van der Waals surface area contributed by atoms with Gasteiger partial charge in [0, 0.05) is 7.05 Å². The van der Waals surface area contributed by atoms with Crippen molar-refractivity contribution in [1.82, 2.24) is 15.2 Å². The fourth-order valence-corrected chi connectivity index (χ4v) is 2.34. The molecule has 0 unspecified atom stereocenters. The lowest BCUT2D eigenvalue weighted by molar-refractivity contribution is 0.0948. The lowest BCUT2D eigenvalue weighted by atomic mass is 10.1. The number of allylic oxidation sites excluding steroid dienone is 1. The van der Waals surface area contributed by atoms with Crippen LogP contribution >= 0.6 is 15.9 Å². The Balaban J connectivity index is 2.01. The highest BCUT2D eigenvalue weighted by atomic mass is 79.9. The minimum absolute atomic E-state index is 0.321. The maximum Gasteiger partial charge on any atom is 0.293 e. The van der Waals surface area contributed by atoms with E-state index < -0.39 is 0 Å². The smallest absolute Gasteiger partial charge is 0.271 e. The fourth-order valence-electron chi connectivity index (χ4n) is 1.82. The molecule has 0 aliphatic heterocycles. The van der Waals surface area contributed by atoms with Gasteiger partial charge in [-0.15, -0.1) is 0 Å². The molecule has 0 aliphatic rings. The Kier molecular flexibility index (Phi) is 5.27. The normalized spacial score (nSPS) is 11.9. The van der Waals surface area contributed by atoms with Crippen molar-refractivity contribution in [3.05, 3.63) is 57.3 Å². The summed E-state index contributed by atoms with van der Waals surface area (Å²) in [6, 6.07) is 9.92. The van der Waals surface area contributed by atoms with E-state index in [1.54, 1.807) is 17.9 Å². The molecule has 1 aromatic heterocycles. The van der Waals surface area contributed by atoms with Crippen molar-refractivity contribution >= 4 is 34.1 Å². The molecule has 0 saturated carbocycles. The monoisotopic (exact) mass is 360 g/mol. The summed E-state index contributed by atoms with van der Waals surface area (Å²) in [5, 5.41) is 8.11. The van der Waals surface area contributed by atoms with Crippen LogP contribution in [0.5, 0.6) is 0 Å². The average molecular weight is 361 g/mol. The van der Waals surface area contributed by atoms with Crippen LogP contribution < -0.4 is 5.43 Å². The van der Waals surface area contributed by atoms with Crippen LogP contribution in [0.3, 0.4) is 0 Å². The summed E-state index contributed by atoms with van der Waals surface area (Å²) in [5.74, 6) is -0.348. The first-order chi connectivity index (χ1) is 10.5. The Morgan fingerprint density at radius 3 is 2.64 bits per heavy atom. The highest BCUT2D eigenvalue weighted by Gasteiger charge is 2.16. The van der Waals surface area contributed by atoms with Gasteiger partial charge in [0.05, 0.1) is 16.4 Å². The first kappa shape index (κ1) is 16.2. The number of rotatable bonds is 4. The number of hydrogen-bond acceptors (Lipinski definition) is 3. The van der Waals surface area contributed by atoms with Crippen LogP contribution in [-0.2, 0) is 7.05 Å². The summed E-state index contributed by atoms with van der Waals surface area (Å²) in [5.41, 5.74) is 5.70. The second kappa shape index (κ2) is 7.17. The minimum Gasteiger partial charge on any atom is -0.271 e. The van der Waals surface area contributed by atoms with Gasteiger partial charge >= 0.3 is 0 Å². The lowest BCUT2D eigenvalue weighted by Crippen LogP contribution is -2.18. The van der Waals surface area contributed by atoms with Crippen LogP contribution in [0, 0.1) is 6.92 Å². The summed E-state index contributed by atoms with van der Waals surface area (Å²) in [6.07, 6.45) is 3.59. The molecule has 0 bridgehead atoms. The molecule has 5 nitrogen and oxygen atoms in total. The molecule has 0 fully saturated rings. The third-order valence-electron chi connectivity index (χ3n) is 3.10. The number of carbonyl (C=O) groups excluding carboxylic acids is 1. The van der Waals surface area contributed by atoms with Gasteiger partial charge in [0.25, 0.3) is 5.91 Å². The largest absolute Gasteiger partial charge is 0.293 e. The van der Waals surface area contributed by atoms with Gasteiger partial charge in [0.2, 0.25) is 0 Å². The Morgan fingerprint density at radius 2 is 2.05 bits per heavy atom. The van der Waals surface area contributed by atoms with Gasteiger partial charge < -0.3 is 0 Å². The molecule has 0 atom stereocenters. The molecule has 1 aromatic carbocycles. The van der Waals surface area contributed by atoms with Crippen molar-refractivity contribution in [2.45, 2.75) is 13.8 Å². The highest BCUT2D eigenvalue weighted by Crippen LogP contribution is 2.19. The maximum atomic E-state index is 12.0. The van der Waals surface area contributed by atoms with E-state index in [0.717, 1.165) is 16.8 Å². The van der Waals surface area contributed by atoms with Gasteiger partial charge in [-0.25, -0.2) is 5.43 Å². The number of nitrogens with one attached hydrogen (secondary N) is 1. The van der Waals surface area contributed by atoms with Gasteiger partial charge in [0.15, 0.2) is 5.69 Å². The number of benzene rings is 1. The quantitative estimate of drug-likeness (QED) is 0.671. The van der Waals surface area contributed by atoms with E-state index in [2.05, 4.69) is 31.6 Å². The Labute approximate surface area is 137 Å². The van der Waals surface area contributed by atoms with E-state index in [-0.39, 0.29) is 5.91 Å². The summed E-state index contributed by atoms with van der Waals surface area (Å²) in [7, 11) is 1.78. The van der Waals surface area contributed by atoms with Crippen LogP contribution in [0.1, 0.15) is 28.7 Å². The molecule has 1 N–H and O–H groups in total. The van der Waals surface area contributed by atoms with E-state index in [1.165, 1.54) is 0 Å². The number of carbonyl (C=O) groups is 1. The van der Waals surface area contributed by atoms with E-state index in [9.17, 15) is 4.79 Å². The predicted octanol–water partition coefficient (Wildman–Crippen LogP) is 3.31. The first-order valence-corrected chi connectivity index (χ1v) is 7.54. The molecule has 2 rings (SSSR count). The van der Waals surface area contributed by atoms with Gasteiger partial charge in [-0.1, -0.05) is 36.4 Å². The number of nitrogens with zero attached hydrogens (tertiary/aromatic N) is 3. The molecule has 114 valence electrons. The number of aromatic nitrogens is 2.